The molecule has 3 nitrogen and oxygen atoms in total. The first kappa shape index (κ1) is 12.7. The molecule has 66 valence electrons. The molecule has 11 heavy (non-hydrogen) atoms. The zero-order valence-electron chi connectivity index (χ0n) is 7.76. The molecule has 0 saturated heterocycles. The summed E-state index contributed by atoms with van der Waals surface area (Å²) in [6.07, 6.45) is 1.30. The molecule has 0 radical (unpaired) electrons. The van der Waals surface area contributed by atoms with Gasteiger partial charge >= 0.3 is 6.09 Å². The lowest BCUT2D eigenvalue weighted by Crippen LogP contribution is -2.26. The van der Waals surface area contributed by atoms with Crippen molar-refractivity contribution >= 4 is 6.09 Å². The van der Waals surface area contributed by atoms with Gasteiger partial charge in [-0.15, -0.1) is 6.58 Å². The van der Waals surface area contributed by atoms with Gasteiger partial charge in [0.2, 0.25) is 0 Å². The van der Waals surface area contributed by atoms with E-state index in [1.807, 2.05) is 13.8 Å². The number of hydrogen-bond acceptors (Lipinski definition) is 2. The second-order valence-corrected chi connectivity index (χ2v) is 1.64. The van der Waals surface area contributed by atoms with Crippen molar-refractivity contribution in [2.45, 2.75) is 13.8 Å². The molecule has 1 amide bonds. The van der Waals surface area contributed by atoms with Gasteiger partial charge in [0.15, 0.2) is 0 Å². The van der Waals surface area contributed by atoms with Gasteiger partial charge in [-0.25, -0.2) is 4.79 Å². The molecule has 0 unspecified atom stereocenters. The molecule has 0 aromatic rings. The Balaban J connectivity index is 0. The number of ether oxygens (including phenoxy) is 1. The van der Waals surface area contributed by atoms with Crippen molar-refractivity contribution in [3.63, 3.8) is 0 Å². The summed E-state index contributed by atoms with van der Waals surface area (Å²) in [6, 6.07) is 0. The van der Waals surface area contributed by atoms with Crippen molar-refractivity contribution in [1.29, 1.82) is 0 Å². The lowest BCUT2D eigenvalue weighted by Gasteiger charge is -2.11. The molecule has 0 atom stereocenters. The Morgan fingerprint density at radius 1 is 1.64 bits per heavy atom. The highest BCUT2D eigenvalue weighted by Crippen LogP contribution is 1.86. The van der Waals surface area contributed by atoms with Gasteiger partial charge in [-0.1, -0.05) is 19.9 Å². The van der Waals surface area contributed by atoms with Crippen LogP contribution in [0.25, 0.3) is 0 Å². The highest BCUT2D eigenvalue weighted by Gasteiger charge is 2.03. The topological polar surface area (TPSA) is 29.5 Å². The molecule has 0 rings (SSSR count). The monoisotopic (exact) mass is 159 g/mol. The molecule has 0 heterocycles. The van der Waals surface area contributed by atoms with Crippen molar-refractivity contribution in [1.82, 2.24) is 4.90 Å². The molecule has 0 bridgehead atoms. The van der Waals surface area contributed by atoms with Gasteiger partial charge in [0.1, 0.15) is 0 Å². The number of carbonyl (C=O) groups excluding carboxylic acids is 1. The van der Waals surface area contributed by atoms with Gasteiger partial charge in [0, 0.05) is 13.6 Å². The maximum atomic E-state index is 10.6. The molecule has 0 aliphatic carbocycles. The Morgan fingerprint density at radius 3 is 2.36 bits per heavy atom. The van der Waals surface area contributed by atoms with E-state index in [0.29, 0.717) is 6.54 Å². The van der Waals surface area contributed by atoms with E-state index in [4.69, 9.17) is 0 Å². The number of methoxy groups -OCH3 is 1. The van der Waals surface area contributed by atoms with Crippen LogP contribution in [0.1, 0.15) is 13.8 Å². The summed E-state index contributed by atoms with van der Waals surface area (Å²) in [7, 11) is 3.00. The Hall–Kier alpha value is -0.990. The van der Waals surface area contributed by atoms with Crippen LogP contribution in [-0.2, 0) is 4.74 Å². The predicted octanol–water partition coefficient (Wildman–Crippen LogP) is 1.90. The first-order valence-electron chi connectivity index (χ1n) is 3.62. The molecule has 0 aliphatic heterocycles. The van der Waals surface area contributed by atoms with Crippen molar-refractivity contribution in [2.24, 2.45) is 0 Å². The Kier molecular flexibility index (Phi) is 10.4. The van der Waals surface area contributed by atoms with E-state index in [1.54, 1.807) is 13.1 Å². The maximum absolute atomic E-state index is 10.6. The average molecular weight is 159 g/mol. The number of rotatable bonds is 2. The van der Waals surface area contributed by atoms with Crippen LogP contribution in [0.2, 0.25) is 0 Å². The fourth-order valence-electron chi connectivity index (χ4n) is 0.424. The molecule has 0 saturated carbocycles. The van der Waals surface area contributed by atoms with Crippen molar-refractivity contribution in [3.8, 4) is 0 Å². The van der Waals surface area contributed by atoms with Crippen LogP contribution < -0.4 is 0 Å². The zero-order chi connectivity index (χ0) is 9.28. The van der Waals surface area contributed by atoms with Gasteiger partial charge in [-0.2, -0.15) is 0 Å². The van der Waals surface area contributed by atoms with Crippen LogP contribution >= 0.6 is 0 Å². The molecule has 0 N–H and O–H groups in total. The van der Waals surface area contributed by atoms with Gasteiger partial charge < -0.3 is 9.64 Å². The minimum absolute atomic E-state index is 0.338. The third-order valence-corrected chi connectivity index (χ3v) is 0.889. The van der Waals surface area contributed by atoms with Crippen LogP contribution in [0.4, 0.5) is 4.79 Å². The van der Waals surface area contributed by atoms with E-state index in [2.05, 4.69) is 11.3 Å². The molecule has 0 fully saturated rings. The summed E-state index contributed by atoms with van der Waals surface area (Å²) in [6.45, 7) is 7.99. The highest BCUT2D eigenvalue weighted by atomic mass is 16.5. The van der Waals surface area contributed by atoms with Crippen molar-refractivity contribution < 1.29 is 9.53 Å². The first-order valence-corrected chi connectivity index (χ1v) is 3.62. The first-order chi connectivity index (χ1) is 5.22. The summed E-state index contributed by atoms with van der Waals surface area (Å²) in [4.78, 5) is 12.0. The molecule has 3 heteroatoms. The van der Waals surface area contributed by atoms with E-state index in [1.165, 1.54) is 12.0 Å². The summed E-state index contributed by atoms with van der Waals surface area (Å²) < 4.78 is 4.40. The molecule has 0 aliphatic rings. The van der Waals surface area contributed by atoms with Crippen LogP contribution in [0.15, 0.2) is 12.7 Å². The standard InChI is InChI=1S/C6H11NO2.C2H6/c1-4-5-7(2)6(8)9-3;1-2/h4H,1,5H2,2-3H3;1-2H3. The summed E-state index contributed by atoms with van der Waals surface area (Å²) in [5.41, 5.74) is 0. The minimum Gasteiger partial charge on any atom is -0.453 e. The van der Waals surface area contributed by atoms with Gasteiger partial charge in [-0.05, 0) is 0 Å². The largest absolute Gasteiger partial charge is 0.453 e. The smallest absolute Gasteiger partial charge is 0.409 e. The highest BCUT2D eigenvalue weighted by molar-refractivity contribution is 5.67. The fourth-order valence-corrected chi connectivity index (χ4v) is 0.424. The van der Waals surface area contributed by atoms with Crippen LogP contribution in [0, 0.1) is 0 Å². The number of hydrogen-bond donors (Lipinski definition) is 0. The summed E-state index contributed by atoms with van der Waals surface area (Å²) in [5, 5.41) is 0. The van der Waals surface area contributed by atoms with Crippen LogP contribution in [0.5, 0.6) is 0 Å². The molecule has 0 aromatic carbocycles. The third kappa shape index (κ3) is 6.90. The van der Waals surface area contributed by atoms with Crippen molar-refractivity contribution in [3.05, 3.63) is 12.7 Å². The van der Waals surface area contributed by atoms with E-state index in [9.17, 15) is 4.79 Å². The van der Waals surface area contributed by atoms with E-state index in [-0.39, 0.29) is 6.09 Å². The van der Waals surface area contributed by atoms with Crippen LogP contribution in [0.3, 0.4) is 0 Å². The number of nitrogens with zero attached hydrogens (tertiary/aromatic N) is 1. The van der Waals surface area contributed by atoms with Crippen LogP contribution in [-0.4, -0.2) is 31.7 Å². The minimum atomic E-state index is -0.338. The second kappa shape index (κ2) is 9.01. The lowest BCUT2D eigenvalue weighted by atomic mass is 10.6. The van der Waals surface area contributed by atoms with Gasteiger partial charge in [0.25, 0.3) is 0 Å². The van der Waals surface area contributed by atoms with Gasteiger partial charge in [0.05, 0.1) is 7.11 Å². The summed E-state index contributed by atoms with van der Waals surface area (Å²) in [5.74, 6) is 0. The van der Waals surface area contributed by atoms with Gasteiger partial charge in [-0.3, -0.25) is 0 Å². The third-order valence-electron chi connectivity index (χ3n) is 0.889. The van der Waals surface area contributed by atoms with Crippen molar-refractivity contribution in [2.75, 3.05) is 20.7 Å². The summed E-state index contributed by atoms with van der Waals surface area (Å²) >= 11 is 0. The average Bonchev–Trinajstić information content (AvgIpc) is 2.07. The van der Waals surface area contributed by atoms with E-state index < -0.39 is 0 Å². The number of carbonyl (C=O) groups is 1. The zero-order valence-corrected chi connectivity index (χ0v) is 7.76. The number of likely N-dealkylation sites (N-methyl/N-ethyl adjacent to an activating group) is 1. The Bertz CT molecular complexity index is 113. The normalized spacial score (nSPS) is 7.27. The second-order valence-electron chi connectivity index (χ2n) is 1.64. The predicted molar refractivity (Wildman–Crippen MR) is 46.6 cm³/mol. The van der Waals surface area contributed by atoms with E-state index in [0.717, 1.165) is 0 Å². The SMILES string of the molecule is C=CCN(C)C(=O)OC.CC. The molecular formula is C8H17NO2. The Morgan fingerprint density at radius 2 is 2.09 bits per heavy atom. The quantitative estimate of drug-likeness (QED) is 0.576. The fraction of sp³-hybridized carbons (Fsp3) is 0.625. The molecular weight excluding hydrogens is 142 g/mol. The molecule has 0 aromatic heterocycles. The van der Waals surface area contributed by atoms with E-state index >= 15 is 0 Å². The Labute approximate surface area is 68.6 Å². The molecule has 0 spiro atoms. The maximum Gasteiger partial charge on any atom is 0.409 e. The number of amides is 1. The lowest BCUT2D eigenvalue weighted by molar-refractivity contribution is 0.137.